The highest BCUT2D eigenvalue weighted by Gasteiger charge is 2.34. The van der Waals surface area contributed by atoms with Crippen LogP contribution in [0.4, 0.5) is 5.69 Å². The lowest BCUT2D eigenvalue weighted by Gasteiger charge is -2.38. The number of nitrogens with one attached hydrogen (secondary N) is 1. The van der Waals surface area contributed by atoms with E-state index in [0.29, 0.717) is 42.2 Å². The molecule has 1 aromatic heterocycles. The fourth-order valence-corrected chi connectivity index (χ4v) is 4.67. The number of fused-ring (bicyclic) bond motifs is 1. The normalized spacial score (nSPS) is 18.0. The number of anilines is 1. The molecule has 2 N–H and O–H groups in total. The molecule has 9 heteroatoms. The van der Waals surface area contributed by atoms with E-state index < -0.39 is 0 Å². The molecule has 9 nitrogen and oxygen atoms in total. The van der Waals surface area contributed by atoms with Crippen molar-refractivity contribution in [1.29, 1.82) is 0 Å². The number of aliphatic hydroxyl groups excluding tert-OH is 1. The van der Waals surface area contributed by atoms with Crippen molar-refractivity contribution < 1.29 is 24.2 Å². The highest BCUT2D eigenvalue weighted by atomic mass is 16.5. The first kappa shape index (κ1) is 28.1. The Bertz CT molecular complexity index is 1270. The third-order valence-corrected chi connectivity index (χ3v) is 6.99. The Morgan fingerprint density at radius 2 is 1.92 bits per heavy atom. The van der Waals surface area contributed by atoms with Gasteiger partial charge in [0, 0.05) is 43.5 Å². The van der Waals surface area contributed by atoms with Gasteiger partial charge < -0.3 is 24.8 Å². The Morgan fingerprint density at radius 3 is 2.59 bits per heavy atom. The van der Waals surface area contributed by atoms with E-state index in [-0.39, 0.29) is 36.5 Å². The second-order valence-electron chi connectivity index (χ2n) is 10.0. The molecule has 0 spiro atoms. The first-order chi connectivity index (χ1) is 18.8. The van der Waals surface area contributed by atoms with Gasteiger partial charge in [0.25, 0.3) is 11.8 Å². The first-order valence-corrected chi connectivity index (χ1v) is 13.0. The summed E-state index contributed by atoms with van der Waals surface area (Å²) >= 11 is 0. The number of carbonyl (C=O) groups excluding carboxylic acids is 2. The molecule has 1 aliphatic rings. The van der Waals surface area contributed by atoms with Gasteiger partial charge in [-0.3, -0.25) is 19.5 Å². The largest absolute Gasteiger partial charge is 0.497 e. The van der Waals surface area contributed by atoms with Crippen LogP contribution in [0.15, 0.2) is 67.0 Å². The minimum atomic E-state index is -0.376. The van der Waals surface area contributed by atoms with Crippen LogP contribution in [0.3, 0.4) is 0 Å². The van der Waals surface area contributed by atoms with E-state index in [1.165, 1.54) is 0 Å². The standard InChI is InChI=1S/C30H36N4O5/c1-20-16-34(21(2)19-35)30(37)25-6-5-7-26(32-29(36)23-12-14-31-15-13-23)28(25)39-27(20)18-33(3)17-22-8-10-24(38-4)11-9-22/h5-15,20-21,27,35H,16-19H2,1-4H3,(H,32,36)/t20-,21-,27?/m0/s1. The molecule has 0 radical (unpaired) electrons. The van der Waals surface area contributed by atoms with E-state index in [1.54, 1.807) is 54.7 Å². The molecule has 2 amide bonds. The van der Waals surface area contributed by atoms with Crippen molar-refractivity contribution in [2.45, 2.75) is 32.5 Å². The fourth-order valence-electron chi connectivity index (χ4n) is 4.67. The summed E-state index contributed by atoms with van der Waals surface area (Å²) < 4.78 is 11.9. The number of rotatable bonds is 9. The second kappa shape index (κ2) is 12.7. The Kier molecular flexibility index (Phi) is 9.16. The van der Waals surface area contributed by atoms with Crippen molar-refractivity contribution >= 4 is 17.5 Å². The quantitative estimate of drug-likeness (QED) is 0.433. The van der Waals surface area contributed by atoms with Crippen LogP contribution in [-0.2, 0) is 6.54 Å². The van der Waals surface area contributed by atoms with Gasteiger partial charge in [0.2, 0.25) is 0 Å². The third kappa shape index (κ3) is 6.74. The molecule has 3 atom stereocenters. The van der Waals surface area contributed by atoms with Crippen molar-refractivity contribution in [2.75, 3.05) is 39.2 Å². The van der Waals surface area contributed by atoms with E-state index in [4.69, 9.17) is 9.47 Å². The zero-order valence-corrected chi connectivity index (χ0v) is 22.8. The SMILES string of the molecule is COc1ccc(CN(C)CC2Oc3c(NC(=O)c4ccncc4)cccc3C(=O)N([C@@H](C)CO)C[C@@H]2C)cc1. The van der Waals surface area contributed by atoms with Crippen LogP contribution < -0.4 is 14.8 Å². The Labute approximate surface area is 229 Å². The molecule has 2 heterocycles. The van der Waals surface area contributed by atoms with E-state index in [1.807, 2.05) is 45.2 Å². The van der Waals surface area contributed by atoms with Gasteiger partial charge >= 0.3 is 0 Å². The van der Waals surface area contributed by atoms with E-state index in [9.17, 15) is 14.7 Å². The van der Waals surface area contributed by atoms with Gasteiger partial charge in [-0.2, -0.15) is 0 Å². The topological polar surface area (TPSA) is 104 Å². The summed E-state index contributed by atoms with van der Waals surface area (Å²) in [5.74, 6) is 0.501. The van der Waals surface area contributed by atoms with Crippen molar-refractivity contribution in [2.24, 2.45) is 5.92 Å². The van der Waals surface area contributed by atoms with Crippen molar-refractivity contribution in [3.8, 4) is 11.5 Å². The van der Waals surface area contributed by atoms with Crippen LogP contribution in [0.25, 0.3) is 0 Å². The van der Waals surface area contributed by atoms with Gasteiger partial charge in [-0.05, 0) is 55.9 Å². The second-order valence-corrected chi connectivity index (χ2v) is 10.0. The van der Waals surface area contributed by atoms with Crippen molar-refractivity contribution in [3.05, 3.63) is 83.7 Å². The van der Waals surface area contributed by atoms with E-state index in [2.05, 4.69) is 15.2 Å². The van der Waals surface area contributed by atoms with Crippen molar-refractivity contribution in [1.82, 2.24) is 14.8 Å². The zero-order chi connectivity index (χ0) is 27.9. The lowest BCUT2D eigenvalue weighted by molar-refractivity contribution is 0.0343. The van der Waals surface area contributed by atoms with Crippen LogP contribution in [0.5, 0.6) is 11.5 Å². The number of ether oxygens (including phenoxy) is 2. The molecule has 3 aromatic rings. The number of likely N-dealkylation sites (N-methyl/N-ethyl adjacent to an activating group) is 1. The number of pyridine rings is 1. The summed E-state index contributed by atoms with van der Waals surface area (Å²) in [6, 6.07) is 16.0. The summed E-state index contributed by atoms with van der Waals surface area (Å²) in [5, 5.41) is 12.8. The molecule has 1 aliphatic heterocycles. The number of para-hydroxylation sites is 1. The maximum atomic E-state index is 13.7. The van der Waals surface area contributed by atoms with Crippen molar-refractivity contribution in [3.63, 3.8) is 0 Å². The maximum Gasteiger partial charge on any atom is 0.258 e. The molecule has 4 rings (SSSR count). The molecule has 0 saturated heterocycles. The average Bonchev–Trinajstić information content (AvgIpc) is 2.95. The molecule has 2 aromatic carbocycles. The summed E-state index contributed by atoms with van der Waals surface area (Å²) in [5.41, 5.74) is 2.33. The molecule has 0 aliphatic carbocycles. The number of aliphatic hydroxyl groups is 1. The van der Waals surface area contributed by atoms with Gasteiger partial charge in [0.1, 0.15) is 11.9 Å². The lowest BCUT2D eigenvalue weighted by atomic mass is 9.98. The number of methoxy groups -OCH3 is 1. The maximum absolute atomic E-state index is 13.7. The number of aromatic nitrogens is 1. The fraction of sp³-hybridized carbons (Fsp3) is 0.367. The third-order valence-electron chi connectivity index (χ3n) is 6.99. The first-order valence-electron chi connectivity index (χ1n) is 13.0. The predicted molar refractivity (Wildman–Crippen MR) is 149 cm³/mol. The number of benzene rings is 2. The van der Waals surface area contributed by atoms with Crippen LogP contribution in [0, 0.1) is 5.92 Å². The highest BCUT2D eigenvalue weighted by Crippen LogP contribution is 2.35. The van der Waals surface area contributed by atoms with E-state index in [0.717, 1.165) is 11.3 Å². The Morgan fingerprint density at radius 1 is 1.21 bits per heavy atom. The van der Waals surface area contributed by atoms with Gasteiger partial charge in [0.15, 0.2) is 5.75 Å². The van der Waals surface area contributed by atoms with Crippen LogP contribution in [0.1, 0.15) is 40.1 Å². The molecular formula is C30H36N4O5. The number of hydrogen-bond acceptors (Lipinski definition) is 7. The van der Waals surface area contributed by atoms with Gasteiger partial charge in [0.05, 0.1) is 31.0 Å². The Balaban J connectivity index is 1.64. The minimum absolute atomic E-state index is 0.0571. The van der Waals surface area contributed by atoms with Gasteiger partial charge in [-0.15, -0.1) is 0 Å². The molecule has 1 unspecified atom stereocenters. The Hall–Kier alpha value is -3.95. The number of carbonyl (C=O) groups is 2. The van der Waals surface area contributed by atoms with Crippen LogP contribution in [-0.4, -0.2) is 77.7 Å². The molecule has 0 saturated carbocycles. The number of hydrogen-bond donors (Lipinski definition) is 2. The lowest BCUT2D eigenvalue weighted by Crippen LogP contribution is -2.49. The average molecular weight is 533 g/mol. The molecule has 39 heavy (non-hydrogen) atoms. The van der Waals surface area contributed by atoms with Gasteiger partial charge in [-0.25, -0.2) is 0 Å². The smallest absolute Gasteiger partial charge is 0.258 e. The predicted octanol–water partition coefficient (Wildman–Crippen LogP) is 3.69. The highest BCUT2D eigenvalue weighted by molar-refractivity contribution is 6.07. The van der Waals surface area contributed by atoms with Crippen LogP contribution in [0.2, 0.25) is 0 Å². The summed E-state index contributed by atoms with van der Waals surface area (Å²) in [6.45, 7) is 5.41. The number of amides is 2. The molecular weight excluding hydrogens is 496 g/mol. The molecule has 206 valence electrons. The summed E-state index contributed by atoms with van der Waals surface area (Å²) in [6.07, 6.45) is 2.80. The molecule has 0 fully saturated rings. The van der Waals surface area contributed by atoms with Crippen LogP contribution >= 0.6 is 0 Å². The number of nitrogens with zero attached hydrogens (tertiary/aromatic N) is 3. The summed E-state index contributed by atoms with van der Waals surface area (Å²) in [4.78, 5) is 34.5. The monoisotopic (exact) mass is 532 g/mol. The van der Waals surface area contributed by atoms with E-state index >= 15 is 0 Å². The summed E-state index contributed by atoms with van der Waals surface area (Å²) in [7, 11) is 3.67. The molecule has 0 bridgehead atoms. The van der Waals surface area contributed by atoms with Gasteiger partial charge in [-0.1, -0.05) is 25.1 Å². The minimum Gasteiger partial charge on any atom is -0.497 e. The zero-order valence-electron chi connectivity index (χ0n) is 22.8.